The highest BCUT2D eigenvalue weighted by Gasteiger charge is 2.40. The Balaban J connectivity index is 1.88. The van der Waals surface area contributed by atoms with Crippen molar-refractivity contribution >= 4 is 12.0 Å². The quantitative estimate of drug-likeness (QED) is 0.870. The molecule has 2 aromatic carbocycles. The smallest absolute Gasteiger partial charge is 0.417 e. The van der Waals surface area contributed by atoms with Gasteiger partial charge in [-0.05, 0) is 18.1 Å². The van der Waals surface area contributed by atoms with Gasteiger partial charge in [0.25, 0.3) is 0 Å². The molecule has 1 saturated heterocycles. The Morgan fingerprint density at radius 3 is 2.32 bits per heavy atom. The second-order valence-corrected chi connectivity index (χ2v) is 5.34. The molecule has 3 rings (SSSR count). The number of hydrogen-bond acceptors (Lipinski definition) is 3. The minimum Gasteiger partial charge on any atom is -0.446 e. The van der Waals surface area contributed by atoms with E-state index in [2.05, 4.69) is 0 Å². The summed E-state index contributed by atoms with van der Waals surface area (Å²) in [6.45, 7) is 2.02. The SMILES string of the molecule is C[C@@H](C(=O)N1C(=O)OC[C@H]1c1ccccc1)c1ccccc1. The monoisotopic (exact) mass is 295 g/mol. The fraction of sp³-hybridized carbons (Fsp3) is 0.222. The van der Waals surface area contributed by atoms with Crippen molar-refractivity contribution < 1.29 is 14.3 Å². The second-order valence-electron chi connectivity index (χ2n) is 5.34. The summed E-state index contributed by atoms with van der Waals surface area (Å²) in [5.74, 6) is -0.624. The van der Waals surface area contributed by atoms with Crippen LogP contribution < -0.4 is 0 Å². The molecular weight excluding hydrogens is 278 g/mol. The molecule has 0 aromatic heterocycles. The summed E-state index contributed by atoms with van der Waals surface area (Å²) in [5, 5.41) is 0. The molecular formula is C18H17NO3. The number of carbonyl (C=O) groups excluding carboxylic acids is 2. The summed E-state index contributed by atoms with van der Waals surface area (Å²) in [4.78, 5) is 26.0. The van der Waals surface area contributed by atoms with Gasteiger partial charge in [-0.2, -0.15) is 0 Å². The fourth-order valence-corrected chi connectivity index (χ4v) is 2.68. The number of rotatable bonds is 3. The Kier molecular flexibility index (Phi) is 3.92. The molecule has 4 nitrogen and oxygen atoms in total. The van der Waals surface area contributed by atoms with E-state index >= 15 is 0 Å². The summed E-state index contributed by atoms with van der Waals surface area (Å²) < 4.78 is 5.11. The Morgan fingerprint density at radius 1 is 1.09 bits per heavy atom. The molecule has 2 amide bonds. The molecule has 1 fully saturated rings. The van der Waals surface area contributed by atoms with Gasteiger partial charge in [0.05, 0.1) is 5.92 Å². The van der Waals surface area contributed by atoms with Crippen molar-refractivity contribution in [1.29, 1.82) is 0 Å². The molecule has 0 radical (unpaired) electrons. The highest BCUT2D eigenvalue weighted by molar-refractivity contribution is 5.97. The predicted molar refractivity (Wildman–Crippen MR) is 82.2 cm³/mol. The lowest BCUT2D eigenvalue weighted by Crippen LogP contribution is -2.37. The van der Waals surface area contributed by atoms with Crippen molar-refractivity contribution in [2.24, 2.45) is 0 Å². The van der Waals surface area contributed by atoms with Gasteiger partial charge in [-0.3, -0.25) is 4.79 Å². The Morgan fingerprint density at radius 2 is 1.68 bits per heavy atom. The molecule has 0 spiro atoms. The zero-order valence-corrected chi connectivity index (χ0v) is 12.3. The van der Waals surface area contributed by atoms with Gasteiger partial charge in [-0.25, -0.2) is 9.69 Å². The lowest BCUT2D eigenvalue weighted by molar-refractivity contribution is -0.130. The topological polar surface area (TPSA) is 46.6 Å². The molecule has 0 unspecified atom stereocenters. The van der Waals surface area contributed by atoms with Gasteiger partial charge in [0.2, 0.25) is 5.91 Å². The van der Waals surface area contributed by atoms with Crippen LogP contribution in [0.15, 0.2) is 60.7 Å². The van der Waals surface area contributed by atoms with Gasteiger partial charge >= 0.3 is 6.09 Å². The van der Waals surface area contributed by atoms with Crippen molar-refractivity contribution in [3.63, 3.8) is 0 Å². The normalized spacial score (nSPS) is 18.9. The van der Waals surface area contributed by atoms with E-state index in [0.717, 1.165) is 11.1 Å². The number of amides is 2. The predicted octanol–water partition coefficient (Wildman–Crippen LogP) is 3.51. The molecule has 4 heteroatoms. The lowest BCUT2D eigenvalue weighted by Gasteiger charge is -2.23. The summed E-state index contributed by atoms with van der Waals surface area (Å²) in [7, 11) is 0. The van der Waals surface area contributed by atoms with Crippen LogP contribution in [0.25, 0.3) is 0 Å². The van der Waals surface area contributed by atoms with Crippen LogP contribution in [0.4, 0.5) is 4.79 Å². The molecule has 1 aliphatic rings. The number of carbonyl (C=O) groups is 2. The first-order chi connectivity index (χ1) is 10.7. The molecule has 2 aromatic rings. The Labute approximate surface area is 129 Å². The van der Waals surface area contributed by atoms with Crippen molar-refractivity contribution in [2.45, 2.75) is 18.9 Å². The molecule has 0 bridgehead atoms. The summed E-state index contributed by atoms with van der Waals surface area (Å²) in [6, 6.07) is 18.6. The van der Waals surface area contributed by atoms with Crippen LogP contribution in [0.2, 0.25) is 0 Å². The van der Waals surface area contributed by atoms with Crippen molar-refractivity contribution in [3.8, 4) is 0 Å². The summed E-state index contributed by atoms with van der Waals surface area (Å²) in [5.41, 5.74) is 1.79. The highest BCUT2D eigenvalue weighted by atomic mass is 16.6. The van der Waals surface area contributed by atoms with Crippen LogP contribution >= 0.6 is 0 Å². The molecule has 2 atom stereocenters. The van der Waals surface area contributed by atoms with Crippen LogP contribution in [0.5, 0.6) is 0 Å². The zero-order chi connectivity index (χ0) is 15.5. The third kappa shape index (κ3) is 2.60. The third-order valence-corrected chi connectivity index (χ3v) is 3.96. The molecule has 22 heavy (non-hydrogen) atoms. The second kappa shape index (κ2) is 6.02. The molecule has 0 aliphatic carbocycles. The maximum Gasteiger partial charge on any atom is 0.417 e. The molecule has 112 valence electrons. The number of nitrogens with zero attached hydrogens (tertiary/aromatic N) is 1. The minimum absolute atomic E-state index is 0.204. The van der Waals surface area contributed by atoms with Gasteiger partial charge in [0.15, 0.2) is 0 Å². The average molecular weight is 295 g/mol. The Hall–Kier alpha value is -2.62. The van der Waals surface area contributed by atoms with Crippen LogP contribution in [0, 0.1) is 0 Å². The van der Waals surface area contributed by atoms with E-state index in [-0.39, 0.29) is 18.6 Å². The van der Waals surface area contributed by atoms with E-state index in [0.29, 0.717) is 0 Å². The maximum atomic E-state index is 12.8. The van der Waals surface area contributed by atoms with Crippen molar-refractivity contribution in [2.75, 3.05) is 6.61 Å². The average Bonchev–Trinajstić information content (AvgIpc) is 2.96. The standard InChI is InChI=1S/C18H17NO3/c1-13(14-8-4-2-5-9-14)17(20)19-16(12-22-18(19)21)15-10-6-3-7-11-15/h2-11,13,16H,12H2,1H3/t13-,16+/m1/s1. The molecule has 1 aliphatic heterocycles. The number of hydrogen-bond donors (Lipinski definition) is 0. The first-order valence-corrected chi connectivity index (χ1v) is 7.28. The maximum absolute atomic E-state index is 12.8. The minimum atomic E-state index is -0.568. The first kappa shape index (κ1) is 14.3. The van der Waals surface area contributed by atoms with E-state index in [9.17, 15) is 9.59 Å². The third-order valence-electron chi connectivity index (χ3n) is 3.96. The summed E-state index contributed by atoms with van der Waals surface area (Å²) >= 11 is 0. The van der Waals surface area contributed by atoms with E-state index in [1.807, 2.05) is 67.6 Å². The van der Waals surface area contributed by atoms with Crippen LogP contribution in [-0.2, 0) is 9.53 Å². The number of benzene rings is 2. The number of cyclic esters (lactones) is 1. The Bertz CT molecular complexity index is 669. The van der Waals surface area contributed by atoms with Crippen LogP contribution in [0.3, 0.4) is 0 Å². The molecule has 0 N–H and O–H groups in total. The zero-order valence-electron chi connectivity index (χ0n) is 12.3. The van der Waals surface area contributed by atoms with E-state index < -0.39 is 12.0 Å². The lowest BCUT2D eigenvalue weighted by atomic mass is 9.98. The number of imide groups is 1. The molecule has 1 heterocycles. The van der Waals surface area contributed by atoms with E-state index in [1.54, 1.807) is 0 Å². The van der Waals surface area contributed by atoms with Crippen LogP contribution in [0.1, 0.15) is 30.0 Å². The highest BCUT2D eigenvalue weighted by Crippen LogP contribution is 2.31. The summed E-state index contributed by atoms with van der Waals surface area (Å²) in [6.07, 6.45) is -0.568. The van der Waals surface area contributed by atoms with Gasteiger partial charge in [0, 0.05) is 0 Å². The van der Waals surface area contributed by atoms with Gasteiger partial charge in [-0.1, -0.05) is 60.7 Å². The number of ether oxygens (including phenoxy) is 1. The largest absolute Gasteiger partial charge is 0.446 e. The fourth-order valence-electron chi connectivity index (χ4n) is 2.68. The van der Waals surface area contributed by atoms with Gasteiger partial charge < -0.3 is 4.74 Å². The van der Waals surface area contributed by atoms with Crippen molar-refractivity contribution in [3.05, 3.63) is 71.8 Å². The molecule has 0 saturated carbocycles. The van der Waals surface area contributed by atoms with Gasteiger partial charge in [-0.15, -0.1) is 0 Å². The van der Waals surface area contributed by atoms with E-state index in [4.69, 9.17) is 4.74 Å². The van der Waals surface area contributed by atoms with Crippen molar-refractivity contribution in [1.82, 2.24) is 4.90 Å². The first-order valence-electron chi connectivity index (χ1n) is 7.28. The van der Waals surface area contributed by atoms with Crippen LogP contribution in [-0.4, -0.2) is 23.5 Å². The van der Waals surface area contributed by atoms with E-state index in [1.165, 1.54) is 4.90 Å². The van der Waals surface area contributed by atoms with Gasteiger partial charge in [0.1, 0.15) is 12.6 Å².